The summed E-state index contributed by atoms with van der Waals surface area (Å²) >= 11 is 0. The second-order valence-electron chi connectivity index (χ2n) is 7.55. The summed E-state index contributed by atoms with van der Waals surface area (Å²) in [6.07, 6.45) is 0.840. The third-order valence-electron chi connectivity index (χ3n) is 4.34. The van der Waals surface area contributed by atoms with Crippen LogP contribution in [0.1, 0.15) is 44.2 Å². The highest BCUT2D eigenvalue weighted by atomic mass is 16.6. The number of hydrogen-bond donors (Lipinski definition) is 1. The van der Waals surface area contributed by atoms with E-state index in [1.54, 1.807) is 0 Å². The first-order valence-corrected chi connectivity index (χ1v) is 8.49. The summed E-state index contributed by atoms with van der Waals surface area (Å²) in [6, 6.07) is 8.71. The fourth-order valence-electron chi connectivity index (χ4n) is 3.29. The Morgan fingerprint density at radius 3 is 2.78 bits per heavy atom. The number of nitrogens with one attached hydrogen (secondary N) is 1. The van der Waals surface area contributed by atoms with Crippen LogP contribution < -0.4 is 5.32 Å². The second-order valence-corrected chi connectivity index (χ2v) is 7.55. The SMILES string of the molecule is CNCC(c1cccc(C)c1)C1CCN(C(=O)OC(C)(C)C)C1. The topological polar surface area (TPSA) is 41.6 Å². The van der Waals surface area contributed by atoms with E-state index < -0.39 is 5.60 Å². The molecule has 1 aromatic rings. The van der Waals surface area contributed by atoms with Crippen LogP contribution in [-0.2, 0) is 4.74 Å². The monoisotopic (exact) mass is 318 g/mol. The van der Waals surface area contributed by atoms with E-state index in [-0.39, 0.29) is 6.09 Å². The number of aryl methyl sites for hydroxylation is 1. The molecule has 2 atom stereocenters. The molecule has 2 rings (SSSR count). The lowest BCUT2D eigenvalue weighted by molar-refractivity contribution is 0.0286. The molecule has 1 N–H and O–H groups in total. The lowest BCUT2D eigenvalue weighted by atomic mass is 9.84. The molecule has 0 aliphatic carbocycles. The van der Waals surface area contributed by atoms with Crippen LogP contribution in [0.2, 0.25) is 0 Å². The first kappa shape index (κ1) is 17.8. The summed E-state index contributed by atoms with van der Waals surface area (Å²) < 4.78 is 5.51. The Labute approximate surface area is 140 Å². The van der Waals surface area contributed by atoms with E-state index in [1.807, 2.05) is 32.7 Å². The normalized spacial score (nSPS) is 19.7. The Hall–Kier alpha value is -1.55. The Balaban J connectivity index is 2.06. The molecule has 1 heterocycles. The molecule has 1 aliphatic rings. The van der Waals surface area contributed by atoms with Crippen molar-refractivity contribution in [2.24, 2.45) is 5.92 Å². The summed E-state index contributed by atoms with van der Waals surface area (Å²) in [6.45, 7) is 10.3. The van der Waals surface area contributed by atoms with Crippen molar-refractivity contribution < 1.29 is 9.53 Å². The molecular weight excluding hydrogens is 288 g/mol. The van der Waals surface area contributed by atoms with Crippen LogP contribution in [0.4, 0.5) is 4.79 Å². The molecule has 1 saturated heterocycles. The van der Waals surface area contributed by atoms with Crippen molar-refractivity contribution in [2.75, 3.05) is 26.7 Å². The molecule has 0 saturated carbocycles. The molecule has 4 nitrogen and oxygen atoms in total. The van der Waals surface area contributed by atoms with Crippen molar-refractivity contribution in [2.45, 2.75) is 45.6 Å². The molecule has 23 heavy (non-hydrogen) atoms. The zero-order valence-corrected chi connectivity index (χ0v) is 15.1. The third-order valence-corrected chi connectivity index (χ3v) is 4.34. The Morgan fingerprint density at radius 1 is 1.43 bits per heavy atom. The first-order valence-electron chi connectivity index (χ1n) is 8.49. The molecule has 2 unspecified atom stereocenters. The van der Waals surface area contributed by atoms with Crippen LogP contribution >= 0.6 is 0 Å². The van der Waals surface area contributed by atoms with Crippen molar-refractivity contribution >= 4 is 6.09 Å². The molecule has 1 amide bonds. The van der Waals surface area contributed by atoms with Crippen LogP contribution in [0.15, 0.2) is 24.3 Å². The fraction of sp³-hybridized carbons (Fsp3) is 0.632. The molecule has 0 aromatic heterocycles. The van der Waals surface area contributed by atoms with E-state index in [0.717, 1.165) is 26.1 Å². The van der Waals surface area contributed by atoms with Crippen molar-refractivity contribution in [3.63, 3.8) is 0 Å². The van der Waals surface area contributed by atoms with Gasteiger partial charge in [-0.05, 0) is 52.6 Å². The van der Waals surface area contributed by atoms with Gasteiger partial charge in [0.05, 0.1) is 0 Å². The minimum Gasteiger partial charge on any atom is -0.444 e. The van der Waals surface area contributed by atoms with Gasteiger partial charge in [-0.15, -0.1) is 0 Å². The highest BCUT2D eigenvalue weighted by Crippen LogP contribution is 2.32. The molecule has 128 valence electrons. The number of ether oxygens (including phenoxy) is 1. The van der Waals surface area contributed by atoms with Crippen LogP contribution in [0, 0.1) is 12.8 Å². The van der Waals surface area contributed by atoms with Crippen molar-refractivity contribution in [3.8, 4) is 0 Å². The summed E-state index contributed by atoms with van der Waals surface area (Å²) in [7, 11) is 1.99. The van der Waals surface area contributed by atoms with Crippen LogP contribution in [0.3, 0.4) is 0 Å². The van der Waals surface area contributed by atoms with Gasteiger partial charge in [0.1, 0.15) is 5.60 Å². The molecule has 0 bridgehead atoms. The molecule has 0 spiro atoms. The summed E-state index contributed by atoms with van der Waals surface area (Å²) in [5, 5.41) is 3.31. The van der Waals surface area contributed by atoms with Crippen LogP contribution in [0.5, 0.6) is 0 Å². The van der Waals surface area contributed by atoms with Crippen LogP contribution in [0.25, 0.3) is 0 Å². The molecule has 1 fully saturated rings. The highest BCUT2D eigenvalue weighted by molar-refractivity contribution is 5.68. The number of nitrogens with zero attached hydrogens (tertiary/aromatic N) is 1. The number of benzene rings is 1. The molecule has 0 radical (unpaired) electrons. The Kier molecular flexibility index (Phi) is 5.69. The van der Waals surface area contributed by atoms with Gasteiger partial charge in [0.15, 0.2) is 0 Å². The number of likely N-dealkylation sites (tertiary alicyclic amines) is 1. The van der Waals surface area contributed by atoms with E-state index in [9.17, 15) is 4.79 Å². The Morgan fingerprint density at radius 2 is 2.17 bits per heavy atom. The van der Waals surface area contributed by atoms with E-state index in [0.29, 0.717) is 11.8 Å². The van der Waals surface area contributed by atoms with Gasteiger partial charge in [0.25, 0.3) is 0 Å². The lowest BCUT2D eigenvalue weighted by Gasteiger charge is -2.26. The number of carbonyl (C=O) groups is 1. The summed E-state index contributed by atoms with van der Waals surface area (Å²) in [5.41, 5.74) is 2.21. The predicted molar refractivity (Wildman–Crippen MR) is 93.8 cm³/mol. The number of amides is 1. The largest absolute Gasteiger partial charge is 0.444 e. The fourth-order valence-corrected chi connectivity index (χ4v) is 3.29. The molecule has 4 heteroatoms. The smallest absolute Gasteiger partial charge is 0.410 e. The summed E-state index contributed by atoms with van der Waals surface area (Å²) in [5.74, 6) is 0.893. The molecule has 1 aromatic carbocycles. The van der Waals surface area contributed by atoms with E-state index in [2.05, 4.69) is 36.5 Å². The minimum absolute atomic E-state index is 0.188. The second kappa shape index (κ2) is 7.35. The van der Waals surface area contributed by atoms with Crippen molar-refractivity contribution in [1.82, 2.24) is 10.2 Å². The maximum atomic E-state index is 12.3. The summed E-state index contributed by atoms with van der Waals surface area (Å²) in [4.78, 5) is 14.1. The lowest BCUT2D eigenvalue weighted by Crippen LogP contribution is -2.36. The number of likely N-dealkylation sites (N-methyl/N-ethyl adjacent to an activating group) is 1. The third kappa shape index (κ3) is 4.96. The van der Waals surface area contributed by atoms with Gasteiger partial charge >= 0.3 is 6.09 Å². The number of hydrogen-bond acceptors (Lipinski definition) is 3. The quantitative estimate of drug-likeness (QED) is 0.923. The predicted octanol–water partition coefficient (Wildman–Crippen LogP) is 3.56. The zero-order chi connectivity index (χ0) is 17.0. The highest BCUT2D eigenvalue weighted by Gasteiger charge is 2.34. The standard InChI is InChI=1S/C19H30N2O2/c1-14-7-6-8-15(11-14)17(12-20-5)16-9-10-21(13-16)18(22)23-19(2,3)4/h6-8,11,16-17,20H,9-10,12-13H2,1-5H3. The van der Waals surface area contributed by atoms with E-state index in [4.69, 9.17) is 4.74 Å². The zero-order valence-electron chi connectivity index (χ0n) is 15.1. The van der Waals surface area contributed by atoms with E-state index in [1.165, 1.54) is 11.1 Å². The first-order chi connectivity index (χ1) is 10.8. The average Bonchev–Trinajstić information content (AvgIpc) is 2.92. The van der Waals surface area contributed by atoms with Gasteiger partial charge in [0, 0.05) is 25.6 Å². The molecular formula is C19H30N2O2. The van der Waals surface area contributed by atoms with Gasteiger partial charge < -0.3 is 15.0 Å². The maximum absolute atomic E-state index is 12.3. The number of carbonyl (C=O) groups excluding carboxylic acids is 1. The van der Waals surface area contributed by atoms with Gasteiger partial charge in [0.2, 0.25) is 0 Å². The van der Waals surface area contributed by atoms with Gasteiger partial charge in [-0.1, -0.05) is 29.8 Å². The number of rotatable bonds is 4. The van der Waals surface area contributed by atoms with Crippen molar-refractivity contribution in [1.29, 1.82) is 0 Å². The minimum atomic E-state index is -0.434. The van der Waals surface area contributed by atoms with Crippen LogP contribution in [-0.4, -0.2) is 43.3 Å². The average molecular weight is 318 g/mol. The Bertz CT molecular complexity index is 536. The van der Waals surface area contributed by atoms with Gasteiger partial charge in [-0.3, -0.25) is 0 Å². The van der Waals surface area contributed by atoms with Gasteiger partial charge in [-0.2, -0.15) is 0 Å². The van der Waals surface area contributed by atoms with Crippen molar-refractivity contribution in [3.05, 3.63) is 35.4 Å². The van der Waals surface area contributed by atoms with E-state index >= 15 is 0 Å². The van der Waals surface area contributed by atoms with Gasteiger partial charge in [-0.25, -0.2) is 4.79 Å². The maximum Gasteiger partial charge on any atom is 0.410 e. The molecule has 1 aliphatic heterocycles.